The predicted octanol–water partition coefficient (Wildman–Crippen LogP) is -0.391. The van der Waals surface area contributed by atoms with Crippen molar-refractivity contribution >= 4 is 0 Å². The highest BCUT2D eigenvalue weighted by Crippen LogP contribution is 2.09. The molecule has 0 aromatic carbocycles. The highest BCUT2D eigenvalue weighted by Gasteiger charge is 2.13. The van der Waals surface area contributed by atoms with E-state index in [-0.39, 0.29) is 11.6 Å². The van der Waals surface area contributed by atoms with Crippen LogP contribution < -0.4 is 16.2 Å². The molecule has 1 atom stereocenters. The van der Waals surface area contributed by atoms with E-state index in [9.17, 15) is 4.79 Å². The molecule has 1 fully saturated rings. The lowest BCUT2D eigenvalue weighted by Gasteiger charge is -2.24. The number of H-pyrrole nitrogens is 1. The zero-order valence-electron chi connectivity index (χ0n) is 7.34. The topological polar surface area (TPSA) is 56.9 Å². The van der Waals surface area contributed by atoms with Gasteiger partial charge < -0.3 is 15.6 Å². The van der Waals surface area contributed by atoms with E-state index in [0.29, 0.717) is 0 Å². The Labute approximate surface area is 76.4 Å². The first-order valence-electron chi connectivity index (χ1n) is 4.49. The summed E-state index contributed by atoms with van der Waals surface area (Å²) in [5.74, 6) is 0. The largest absolute Gasteiger partial charge is 0.329 e. The molecule has 0 bridgehead atoms. The molecular formula is C9H13N3O. The van der Waals surface area contributed by atoms with Crippen LogP contribution in [0.25, 0.3) is 0 Å². The number of hydrogen-bond donors (Lipinski definition) is 3. The smallest absolute Gasteiger partial charge is 0.248 e. The van der Waals surface area contributed by atoms with E-state index in [1.54, 1.807) is 12.3 Å². The van der Waals surface area contributed by atoms with Gasteiger partial charge in [-0.2, -0.15) is 0 Å². The first-order valence-corrected chi connectivity index (χ1v) is 4.49. The maximum Gasteiger partial charge on any atom is 0.248 e. The molecule has 2 rings (SSSR count). The zero-order valence-corrected chi connectivity index (χ0v) is 7.34. The van der Waals surface area contributed by atoms with Crippen LogP contribution in [0.5, 0.6) is 0 Å². The van der Waals surface area contributed by atoms with Crippen LogP contribution in [0.4, 0.5) is 0 Å². The molecule has 13 heavy (non-hydrogen) atoms. The van der Waals surface area contributed by atoms with E-state index in [1.165, 1.54) is 0 Å². The maximum absolute atomic E-state index is 11.0. The van der Waals surface area contributed by atoms with Crippen LogP contribution in [-0.4, -0.2) is 24.6 Å². The average Bonchev–Trinajstić information content (AvgIpc) is 2.19. The van der Waals surface area contributed by atoms with Crippen LogP contribution in [0.2, 0.25) is 0 Å². The summed E-state index contributed by atoms with van der Waals surface area (Å²) in [6, 6.07) is 3.85. The minimum atomic E-state index is -0.0372. The van der Waals surface area contributed by atoms with Gasteiger partial charge in [0.1, 0.15) is 0 Å². The fraction of sp³-hybridized carbons (Fsp3) is 0.444. The van der Waals surface area contributed by atoms with Gasteiger partial charge in [-0.05, 0) is 11.6 Å². The quantitative estimate of drug-likeness (QED) is 0.550. The van der Waals surface area contributed by atoms with Crippen LogP contribution in [0.15, 0.2) is 23.1 Å². The number of hydrogen-bond acceptors (Lipinski definition) is 3. The molecule has 2 heterocycles. The number of rotatable bonds is 1. The molecule has 0 saturated carbocycles. The van der Waals surface area contributed by atoms with Crippen LogP contribution in [0.1, 0.15) is 11.6 Å². The molecule has 0 unspecified atom stereocenters. The highest BCUT2D eigenvalue weighted by atomic mass is 16.1. The van der Waals surface area contributed by atoms with Gasteiger partial charge in [0.15, 0.2) is 0 Å². The summed E-state index contributed by atoms with van der Waals surface area (Å²) in [7, 11) is 0. The molecule has 1 aliphatic heterocycles. The number of nitrogens with one attached hydrogen (secondary N) is 3. The SMILES string of the molecule is O=c1cc([C@H]2CNCCN2)cc[nH]1. The Bertz CT molecular complexity index is 328. The van der Waals surface area contributed by atoms with Crippen molar-refractivity contribution in [3.63, 3.8) is 0 Å². The van der Waals surface area contributed by atoms with E-state index < -0.39 is 0 Å². The zero-order chi connectivity index (χ0) is 9.10. The number of pyridine rings is 1. The van der Waals surface area contributed by atoms with E-state index in [4.69, 9.17) is 0 Å². The monoisotopic (exact) mass is 179 g/mol. The molecule has 1 aromatic heterocycles. The van der Waals surface area contributed by atoms with Crippen LogP contribution in [0, 0.1) is 0 Å². The molecule has 1 aliphatic rings. The molecule has 3 N–H and O–H groups in total. The van der Waals surface area contributed by atoms with Gasteiger partial charge in [0, 0.05) is 37.9 Å². The van der Waals surface area contributed by atoms with Crippen LogP contribution in [-0.2, 0) is 0 Å². The summed E-state index contributed by atoms with van der Waals surface area (Å²) in [4.78, 5) is 13.6. The van der Waals surface area contributed by atoms with Gasteiger partial charge in [-0.15, -0.1) is 0 Å². The Morgan fingerprint density at radius 2 is 2.31 bits per heavy atom. The van der Waals surface area contributed by atoms with Gasteiger partial charge in [-0.25, -0.2) is 0 Å². The molecule has 0 aliphatic carbocycles. The second kappa shape index (κ2) is 3.72. The first kappa shape index (κ1) is 8.47. The Balaban J connectivity index is 2.19. The summed E-state index contributed by atoms with van der Waals surface area (Å²) in [6.07, 6.45) is 1.69. The van der Waals surface area contributed by atoms with E-state index >= 15 is 0 Å². The van der Waals surface area contributed by atoms with E-state index in [0.717, 1.165) is 25.2 Å². The highest BCUT2D eigenvalue weighted by molar-refractivity contribution is 5.16. The second-order valence-electron chi connectivity index (χ2n) is 3.20. The normalized spacial score (nSPS) is 22.9. The molecule has 0 spiro atoms. The Morgan fingerprint density at radius 3 is 3.00 bits per heavy atom. The molecular weight excluding hydrogens is 166 g/mol. The summed E-state index contributed by atoms with van der Waals surface area (Å²) in [6.45, 7) is 2.85. The van der Waals surface area contributed by atoms with Gasteiger partial charge in [0.25, 0.3) is 0 Å². The van der Waals surface area contributed by atoms with Crippen molar-refractivity contribution in [1.82, 2.24) is 15.6 Å². The Kier molecular flexibility index (Phi) is 2.42. The van der Waals surface area contributed by atoms with Gasteiger partial charge in [-0.3, -0.25) is 4.79 Å². The number of aromatic nitrogens is 1. The molecule has 1 saturated heterocycles. The average molecular weight is 179 g/mol. The Hall–Kier alpha value is -1.13. The van der Waals surface area contributed by atoms with Gasteiger partial charge >= 0.3 is 0 Å². The molecule has 0 amide bonds. The van der Waals surface area contributed by atoms with Crippen molar-refractivity contribution in [2.45, 2.75) is 6.04 Å². The summed E-state index contributed by atoms with van der Waals surface area (Å²) < 4.78 is 0. The predicted molar refractivity (Wildman–Crippen MR) is 50.7 cm³/mol. The third kappa shape index (κ3) is 1.96. The minimum absolute atomic E-state index is 0.0372. The van der Waals surface area contributed by atoms with Crippen molar-refractivity contribution in [3.8, 4) is 0 Å². The van der Waals surface area contributed by atoms with Gasteiger partial charge in [-0.1, -0.05) is 0 Å². The summed E-state index contributed by atoms with van der Waals surface area (Å²) in [5.41, 5.74) is 1.01. The van der Waals surface area contributed by atoms with Crippen molar-refractivity contribution in [2.75, 3.05) is 19.6 Å². The Morgan fingerprint density at radius 1 is 1.38 bits per heavy atom. The van der Waals surface area contributed by atoms with Crippen LogP contribution in [0.3, 0.4) is 0 Å². The fourth-order valence-corrected chi connectivity index (χ4v) is 1.57. The molecule has 0 radical (unpaired) electrons. The minimum Gasteiger partial charge on any atom is -0.329 e. The van der Waals surface area contributed by atoms with Crippen molar-refractivity contribution < 1.29 is 0 Å². The standard InChI is InChI=1S/C9H13N3O/c13-9-5-7(1-2-12-9)8-6-10-3-4-11-8/h1-2,5,8,10-11H,3-4,6H2,(H,12,13)/t8-/m1/s1. The van der Waals surface area contributed by atoms with E-state index in [2.05, 4.69) is 15.6 Å². The van der Waals surface area contributed by atoms with Crippen molar-refractivity contribution in [1.29, 1.82) is 0 Å². The van der Waals surface area contributed by atoms with E-state index in [1.807, 2.05) is 6.07 Å². The van der Waals surface area contributed by atoms with Gasteiger partial charge in [0.05, 0.1) is 0 Å². The van der Waals surface area contributed by atoms with Gasteiger partial charge in [0.2, 0.25) is 5.56 Å². The molecule has 4 nitrogen and oxygen atoms in total. The molecule has 4 heteroatoms. The third-order valence-corrected chi connectivity index (χ3v) is 2.24. The first-order chi connectivity index (χ1) is 6.36. The molecule has 1 aromatic rings. The fourth-order valence-electron chi connectivity index (χ4n) is 1.57. The maximum atomic E-state index is 11.0. The number of aromatic amines is 1. The second-order valence-corrected chi connectivity index (χ2v) is 3.20. The van der Waals surface area contributed by atoms with Crippen molar-refractivity contribution in [2.24, 2.45) is 0 Å². The summed E-state index contributed by atoms with van der Waals surface area (Å²) in [5, 5.41) is 6.63. The number of piperazine rings is 1. The lowest BCUT2D eigenvalue weighted by atomic mass is 10.1. The van der Waals surface area contributed by atoms with Crippen LogP contribution >= 0.6 is 0 Å². The lowest BCUT2D eigenvalue weighted by molar-refractivity contribution is 0.430. The third-order valence-electron chi connectivity index (χ3n) is 2.24. The molecule has 70 valence electrons. The lowest BCUT2D eigenvalue weighted by Crippen LogP contribution is -2.42. The van der Waals surface area contributed by atoms with Crippen molar-refractivity contribution in [3.05, 3.63) is 34.2 Å². The summed E-state index contributed by atoms with van der Waals surface area (Å²) >= 11 is 0.